The highest BCUT2D eigenvalue weighted by molar-refractivity contribution is 5.84. The van der Waals surface area contributed by atoms with Crippen molar-refractivity contribution < 1.29 is 38.1 Å². The summed E-state index contributed by atoms with van der Waals surface area (Å²) in [5, 5.41) is 14.7. The minimum absolute atomic E-state index is 0.0478. The van der Waals surface area contributed by atoms with E-state index in [0.29, 0.717) is 39.5 Å². The van der Waals surface area contributed by atoms with Gasteiger partial charge >= 0.3 is 11.6 Å². The summed E-state index contributed by atoms with van der Waals surface area (Å²) in [6, 6.07) is 9.33. The molecule has 0 aliphatic rings. The number of nitrogens with one attached hydrogen (secondary N) is 2. The van der Waals surface area contributed by atoms with Crippen LogP contribution < -0.4 is 30.5 Å². The Bertz CT molecular complexity index is 1400. The van der Waals surface area contributed by atoms with Crippen LogP contribution in [0.15, 0.2) is 45.6 Å². The lowest BCUT2D eigenvalue weighted by Crippen LogP contribution is -2.35. The molecule has 1 aromatic heterocycles. The van der Waals surface area contributed by atoms with Crippen LogP contribution in [0.4, 0.5) is 0 Å². The highest BCUT2D eigenvalue weighted by Gasteiger charge is 2.21. The monoisotopic (exact) mass is 526 g/mol. The summed E-state index contributed by atoms with van der Waals surface area (Å²) in [6.45, 7) is 1.24. The SMILES string of the molecule is COc1ccc2c(C)c(CCC(=O)N[C@H](CC(=O)NCC(=O)O)c3ccc(OC)c(OC)c3)c(=O)oc2c1. The molecule has 11 nitrogen and oxygen atoms in total. The van der Waals surface area contributed by atoms with Gasteiger partial charge in [0.25, 0.3) is 0 Å². The summed E-state index contributed by atoms with van der Waals surface area (Å²) in [5.74, 6) is -0.740. The molecule has 1 heterocycles. The number of carboxylic acid groups (broad SMARTS) is 1. The quantitative estimate of drug-likeness (QED) is 0.302. The van der Waals surface area contributed by atoms with Crippen LogP contribution in [0.1, 0.15) is 35.6 Å². The minimum atomic E-state index is -1.19. The highest BCUT2D eigenvalue weighted by Crippen LogP contribution is 2.31. The van der Waals surface area contributed by atoms with Crippen LogP contribution in [-0.4, -0.2) is 50.8 Å². The van der Waals surface area contributed by atoms with Crippen molar-refractivity contribution in [3.05, 3.63) is 63.5 Å². The predicted molar refractivity (Wildman–Crippen MR) is 138 cm³/mol. The average Bonchev–Trinajstić information content (AvgIpc) is 2.90. The van der Waals surface area contributed by atoms with Gasteiger partial charge in [-0.05, 0) is 48.7 Å². The molecule has 2 aromatic carbocycles. The fraction of sp³-hybridized carbons (Fsp3) is 0.333. The van der Waals surface area contributed by atoms with Gasteiger partial charge < -0.3 is 34.4 Å². The molecule has 0 saturated carbocycles. The molecule has 0 bridgehead atoms. The second-order valence-corrected chi connectivity index (χ2v) is 8.46. The molecule has 0 aliphatic carbocycles. The number of hydrogen-bond acceptors (Lipinski definition) is 8. The lowest BCUT2D eigenvalue weighted by atomic mass is 10.0. The van der Waals surface area contributed by atoms with Gasteiger partial charge in [-0.2, -0.15) is 0 Å². The van der Waals surface area contributed by atoms with E-state index in [0.717, 1.165) is 5.39 Å². The van der Waals surface area contributed by atoms with Gasteiger partial charge in [0, 0.05) is 23.4 Å². The fourth-order valence-corrected chi connectivity index (χ4v) is 4.05. The lowest BCUT2D eigenvalue weighted by molar-refractivity contribution is -0.138. The molecule has 1 atom stereocenters. The van der Waals surface area contributed by atoms with E-state index in [1.165, 1.54) is 21.3 Å². The zero-order valence-corrected chi connectivity index (χ0v) is 21.6. The number of carbonyl (C=O) groups is 3. The first kappa shape index (κ1) is 28.0. The molecule has 3 aromatic rings. The summed E-state index contributed by atoms with van der Waals surface area (Å²) < 4.78 is 21.2. The molecule has 0 spiro atoms. The Morgan fingerprint density at radius 1 is 0.974 bits per heavy atom. The number of aryl methyl sites for hydroxylation is 1. The topological polar surface area (TPSA) is 153 Å². The average molecular weight is 527 g/mol. The zero-order valence-electron chi connectivity index (χ0n) is 21.6. The minimum Gasteiger partial charge on any atom is -0.497 e. The highest BCUT2D eigenvalue weighted by atomic mass is 16.5. The van der Waals surface area contributed by atoms with Gasteiger partial charge in [0.05, 0.1) is 33.8 Å². The van der Waals surface area contributed by atoms with Gasteiger partial charge in [-0.3, -0.25) is 14.4 Å². The number of methoxy groups -OCH3 is 3. The van der Waals surface area contributed by atoms with Crippen LogP contribution in [0.25, 0.3) is 11.0 Å². The molecular formula is C27H30N2O9. The van der Waals surface area contributed by atoms with E-state index in [4.69, 9.17) is 23.7 Å². The van der Waals surface area contributed by atoms with Crippen molar-refractivity contribution >= 4 is 28.8 Å². The van der Waals surface area contributed by atoms with Crippen molar-refractivity contribution in [2.75, 3.05) is 27.9 Å². The Hall–Kier alpha value is -4.54. The number of fused-ring (bicyclic) bond motifs is 1. The van der Waals surface area contributed by atoms with Crippen LogP contribution in [0.5, 0.6) is 17.2 Å². The van der Waals surface area contributed by atoms with Crippen LogP contribution in [0.2, 0.25) is 0 Å². The van der Waals surface area contributed by atoms with Gasteiger partial charge in [0.2, 0.25) is 11.8 Å². The number of rotatable bonds is 12. The first-order valence-electron chi connectivity index (χ1n) is 11.8. The second-order valence-electron chi connectivity index (χ2n) is 8.46. The number of ether oxygens (including phenoxy) is 3. The zero-order chi connectivity index (χ0) is 27.8. The normalized spacial score (nSPS) is 11.5. The third kappa shape index (κ3) is 6.81. The van der Waals surface area contributed by atoms with E-state index in [1.807, 2.05) is 0 Å². The summed E-state index contributed by atoms with van der Waals surface area (Å²) in [5.41, 5.74) is 1.48. The van der Waals surface area contributed by atoms with Gasteiger partial charge in [0.15, 0.2) is 11.5 Å². The maximum Gasteiger partial charge on any atom is 0.339 e. The van der Waals surface area contributed by atoms with E-state index in [2.05, 4.69) is 10.6 Å². The second kappa shape index (κ2) is 12.6. The Balaban J connectivity index is 1.80. The van der Waals surface area contributed by atoms with Gasteiger partial charge in [0.1, 0.15) is 17.9 Å². The Morgan fingerprint density at radius 2 is 1.71 bits per heavy atom. The summed E-state index contributed by atoms with van der Waals surface area (Å²) in [4.78, 5) is 48.8. The summed E-state index contributed by atoms with van der Waals surface area (Å²) >= 11 is 0. The number of hydrogen-bond donors (Lipinski definition) is 3. The lowest BCUT2D eigenvalue weighted by Gasteiger charge is -2.20. The molecule has 0 fully saturated rings. The molecule has 11 heteroatoms. The standard InChI is InChI=1S/C27H30N2O9/c1-15-18-7-6-17(35-2)12-22(18)38-27(34)19(15)8-10-24(30)29-20(13-25(31)28-14-26(32)33)16-5-9-21(36-3)23(11-16)37-4/h5-7,9,11-12,20H,8,10,13-14H2,1-4H3,(H,28,31)(H,29,30)(H,32,33)/t20-/m1/s1. The van der Waals surface area contributed by atoms with Gasteiger partial charge in [-0.15, -0.1) is 0 Å². The molecule has 0 saturated heterocycles. The van der Waals surface area contributed by atoms with Crippen LogP contribution >= 0.6 is 0 Å². The first-order chi connectivity index (χ1) is 18.2. The van der Waals surface area contributed by atoms with Crippen LogP contribution in [0, 0.1) is 6.92 Å². The summed E-state index contributed by atoms with van der Waals surface area (Å²) in [6.07, 6.45) is -0.146. The van der Waals surface area contributed by atoms with Gasteiger partial charge in [-0.25, -0.2) is 4.79 Å². The Labute approximate surface area is 218 Å². The molecular weight excluding hydrogens is 496 g/mol. The van der Waals surface area contributed by atoms with Crippen molar-refractivity contribution in [1.82, 2.24) is 10.6 Å². The fourth-order valence-electron chi connectivity index (χ4n) is 4.05. The molecule has 3 N–H and O–H groups in total. The smallest absolute Gasteiger partial charge is 0.339 e. The van der Waals surface area contributed by atoms with E-state index in [1.54, 1.807) is 43.3 Å². The molecule has 0 unspecified atom stereocenters. The Kier molecular flexibility index (Phi) is 9.31. The number of carboxylic acids is 1. The van der Waals surface area contributed by atoms with E-state index in [-0.39, 0.29) is 19.3 Å². The maximum atomic E-state index is 13.0. The van der Waals surface area contributed by atoms with Crippen LogP contribution in [-0.2, 0) is 20.8 Å². The number of amides is 2. The van der Waals surface area contributed by atoms with Crippen molar-refractivity contribution in [2.45, 2.75) is 32.2 Å². The summed E-state index contributed by atoms with van der Waals surface area (Å²) in [7, 11) is 4.46. The molecule has 202 valence electrons. The van der Waals surface area contributed by atoms with Crippen molar-refractivity contribution in [3.8, 4) is 17.2 Å². The first-order valence-corrected chi connectivity index (χ1v) is 11.8. The van der Waals surface area contributed by atoms with Crippen molar-refractivity contribution in [1.29, 1.82) is 0 Å². The number of carbonyl (C=O) groups excluding carboxylic acids is 2. The molecule has 3 rings (SSSR count). The third-order valence-electron chi connectivity index (χ3n) is 6.07. The van der Waals surface area contributed by atoms with Crippen LogP contribution in [0.3, 0.4) is 0 Å². The number of benzene rings is 2. The molecule has 0 radical (unpaired) electrons. The largest absolute Gasteiger partial charge is 0.497 e. The van der Waals surface area contributed by atoms with Crippen molar-refractivity contribution in [3.63, 3.8) is 0 Å². The van der Waals surface area contributed by atoms with Gasteiger partial charge in [-0.1, -0.05) is 6.07 Å². The Morgan fingerprint density at radius 3 is 2.37 bits per heavy atom. The van der Waals surface area contributed by atoms with E-state index < -0.39 is 36.0 Å². The molecule has 0 aliphatic heterocycles. The predicted octanol–water partition coefficient (Wildman–Crippen LogP) is 2.51. The van der Waals surface area contributed by atoms with E-state index >= 15 is 0 Å². The van der Waals surface area contributed by atoms with E-state index in [9.17, 15) is 19.2 Å². The number of aliphatic carboxylic acids is 1. The van der Waals surface area contributed by atoms with Crippen molar-refractivity contribution in [2.24, 2.45) is 0 Å². The molecule has 2 amide bonds. The molecule has 38 heavy (non-hydrogen) atoms. The maximum absolute atomic E-state index is 13.0. The third-order valence-corrected chi connectivity index (χ3v) is 6.07.